The molecule has 0 aromatic carbocycles. The van der Waals surface area contributed by atoms with Crippen LogP contribution in [0.1, 0.15) is 83.1 Å². The van der Waals surface area contributed by atoms with Crippen LogP contribution in [0.3, 0.4) is 0 Å². The number of carboxylic acid groups (broad SMARTS) is 2. The van der Waals surface area contributed by atoms with Gasteiger partial charge in [0.05, 0.1) is 5.92 Å². The summed E-state index contributed by atoms with van der Waals surface area (Å²) in [5, 5.41) is 23.0. The SMILES string of the molecule is CC(=O)O.CC(C)=O.CC(C)C(=O)C(C)C.CC(C)C(=O)O.CC(C)C=O.CCO. The number of rotatable bonds is 4. The van der Waals surface area contributed by atoms with Crippen molar-refractivity contribution in [2.24, 2.45) is 23.7 Å². The molecule has 8 nitrogen and oxygen atoms in total. The highest BCUT2D eigenvalue weighted by molar-refractivity contribution is 5.82. The molecule has 0 spiro atoms. The van der Waals surface area contributed by atoms with Crippen molar-refractivity contribution in [3.05, 3.63) is 0 Å². The lowest BCUT2D eigenvalue weighted by molar-refractivity contribution is -0.140. The van der Waals surface area contributed by atoms with Crippen LogP contribution in [0, 0.1) is 23.7 Å². The molecule has 0 bridgehead atoms. The molecule has 0 heterocycles. The lowest BCUT2D eigenvalue weighted by Gasteiger charge is -2.05. The first-order valence-corrected chi connectivity index (χ1v) is 9.84. The van der Waals surface area contributed by atoms with E-state index in [-0.39, 0.29) is 36.1 Å². The van der Waals surface area contributed by atoms with Gasteiger partial charge in [-0.15, -0.1) is 0 Å². The van der Waals surface area contributed by atoms with Crippen molar-refractivity contribution in [3.8, 4) is 0 Å². The molecule has 0 saturated heterocycles. The molecule has 8 heteroatoms. The Morgan fingerprint density at radius 3 is 0.867 bits per heavy atom. The van der Waals surface area contributed by atoms with Crippen molar-refractivity contribution >= 4 is 29.8 Å². The van der Waals surface area contributed by atoms with Crippen LogP contribution in [0.2, 0.25) is 0 Å². The van der Waals surface area contributed by atoms with Crippen LogP contribution in [0.5, 0.6) is 0 Å². The first-order valence-electron chi connectivity index (χ1n) is 9.84. The van der Waals surface area contributed by atoms with Crippen LogP contribution in [-0.4, -0.2) is 51.7 Å². The van der Waals surface area contributed by atoms with Crippen LogP contribution in [-0.2, 0) is 24.0 Å². The van der Waals surface area contributed by atoms with Gasteiger partial charge in [-0.05, 0) is 20.8 Å². The van der Waals surface area contributed by atoms with E-state index in [1.165, 1.54) is 13.8 Å². The minimum Gasteiger partial charge on any atom is -0.481 e. The number of hydrogen-bond acceptors (Lipinski definition) is 6. The fraction of sp³-hybridized carbons (Fsp3) is 0.773. The second kappa shape index (κ2) is 31.6. The van der Waals surface area contributed by atoms with Crippen molar-refractivity contribution in [1.82, 2.24) is 0 Å². The molecule has 0 unspecified atom stereocenters. The van der Waals surface area contributed by atoms with E-state index in [0.29, 0.717) is 5.78 Å². The quantitative estimate of drug-likeness (QED) is 0.555. The number of aliphatic hydroxyl groups excluding tert-OH is 1. The normalized spacial score (nSPS) is 8.43. The number of carbonyl (C=O) groups excluding carboxylic acids is 3. The van der Waals surface area contributed by atoms with Gasteiger partial charge in [0.25, 0.3) is 5.97 Å². The summed E-state index contributed by atoms with van der Waals surface area (Å²) in [5.74, 6) is -0.676. The molecule has 0 atom stereocenters. The van der Waals surface area contributed by atoms with E-state index in [1.807, 2.05) is 41.5 Å². The van der Waals surface area contributed by atoms with E-state index in [1.54, 1.807) is 20.8 Å². The van der Waals surface area contributed by atoms with Gasteiger partial charge in [0.1, 0.15) is 17.9 Å². The van der Waals surface area contributed by atoms with E-state index in [0.717, 1.165) is 13.2 Å². The van der Waals surface area contributed by atoms with Crippen LogP contribution in [0.25, 0.3) is 0 Å². The summed E-state index contributed by atoms with van der Waals surface area (Å²) in [5.41, 5.74) is 0. The maximum Gasteiger partial charge on any atom is 0.305 e. The Morgan fingerprint density at radius 1 is 0.733 bits per heavy atom. The predicted octanol–water partition coefficient (Wildman–Crippen LogP) is 4.12. The smallest absolute Gasteiger partial charge is 0.305 e. The lowest BCUT2D eigenvalue weighted by Crippen LogP contribution is -2.13. The molecule has 0 amide bonds. The fourth-order valence-corrected chi connectivity index (χ4v) is 0.667. The fourth-order valence-electron chi connectivity index (χ4n) is 0.667. The molecule has 3 N–H and O–H groups in total. The van der Waals surface area contributed by atoms with Crippen molar-refractivity contribution in [2.75, 3.05) is 6.61 Å². The topological polar surface area (TPSA) is 146 Å². The first-order chi connectivity index (χ1) is 13.3. The summed E-state index contributed by atoms with van der Waals surface area (Å²) >= 11 is 0. The van der Waals surface area contributed by atoms with Crippen molar-refractivity contribution in [2.45, 2.75) is 83.1 Å². The maximum atomic E-state index is 10.8. The highest BCUT2D eigenvalue weighted by atomic mass is 16.4. The molecule has 0 saturated carbocycles. The zero-order chi connectivity index (χ0) is 26.0. The predicted molar refractivity (Wildman–Crippen MR) is 120 cm³/mol. The summed E-state index contributed by atoms with van der Waals surface area (Å²) < 4.78 is 0. The van der Waals surface area contributed by atoms with Gasteiger partial charge < -0.3 is 24.9 Å². The highest BCUT2D eigenvalue weighted by Gasteiger charge is 2.09. The Balaban J connectivity index is -0.0000000595. The second-order valence-electron chi connectivity index (χ2n) is 7.33. The van der Waals surface area contributed by atoms with Crippen LogP contribution >= 0.6 is 0 Å². The number of aldehydes is 1. The molecule has 0 aromatic rings. The highest BCUT2D eigenvalue weighted by Crippen LogP contribution is 2.03. The zero-order valence-corrected chi connectivity index (χ0v) is 21.0. The third-order valence-electron chi connectivity index (χ3n) is 1.90. The van der Waals surface area contributed by atoms with Crippen LogP contribution in [0.15, 0.2) is 0 Å². The molecule has 0 aromatic heterocycles. The molecule has 0 aliphatic rings. The van der Waals surface area contributed by atoms with Crippen molar-refractivity contribution in [1.29, 1.82) is 0 Å². The average molecular weight is 439 g/mol. The Kier molecular flexibility index (Phi) is 44.3. The van der Waals surface area contributed by atoms with Crippen molar-refractivity contribution in [3.63, 3.8) is 0 Å². The summed E-state index contributed by atoms with van der Waals surface area (Å²) in [6.07, 6.45) is 0.917. The Morgan fingerprint density at radius 2 is 0.867 bits per heavy atom. The molecule has 0 fully saturated rings. The van der Waals surface area contributed by atoms with Gasteiger partial charge in [0, 0.05) is 31.3 Å². The number of ketones is 2. The van der Waals surface area contributed by atoms with Gasteiger partial charge in [-0.25, -0.2) is 0 Å². The maximum absolute atomic E-state index is 10.8. The molecule has 182 valence electrons. The molecule has 0 rings (SSSR count). The molecule has 0 radical (unpaired) electrons. The minimum absolute atomic E-state index is 0.167. The van der Waals surface area contributed by atoms with E-state index < -0.39 is 11.9 Å². The van der Waals surface area contributed by atoms with Crippen molar-refractivity contribution < 1.29 is 39.3 Å². The van der Waals surface area contributed by atoms with E-state index >= 15 is 0 Å². The Labute approximate surface area is 183 Å². The second-order valence-corrected chi connectivity index (χ2v) is 7.33. The largest absolute Gasteiger partial charge is 0.481 e. The number of carbonyl (C=O) groups is 5. The summed E-state index contributed by atoms with van der Waals surface area (Å²) in [6.45, 7) is 20.8. The van der Waals surface area contributed by atoms with E-state index in [4.69, 9.17) is 20.1 Å². The van der Waals surface area contributed by atoms with Gasteiger partial charge in [0.15, 0.2) is 0 Å². The van der Waals surface area contributed by atoms with Gasteiger partial charge in [-0.1, -0.05) is 55.4 Å². The van der Waals surface area contributed by atoms with Gasteiger partial charge in [-0.2, -0.15) is 0 Å². The number of hydrogen-bond donors (Lipinski definition) is 3. The Bertz CT molecular complexity index is 395. The summed E-state index contributed by atoms with van der Waals surface area (Å²) in [6, 6.07) is 0. The molecule has 0 aliphatic carbocycles. The number of Topliss-reactive ketones (excluding diaryl/α,β-unsaturated/α-hetero) is 2. The summed E-state index contributed by atoms with van der Waals surface area (Å²) in [7, 11) is 0. The van der Waals surface area contributed by atoms with Gasteiger partial charge in [-0.3, -0.25) is 14.4 Å². The number of carboxylic acids is 2. The van der Waals surface area contributed by atoms with E-state index in [9.17, 15) is 19.2 Å². The third kappa shape index (κ3) is 113. The number of aliphatic hydroxyl groups is 1. The Hall–Kier alpha value is -2.09. The molecule has 0 aliphatic heterocycles. The monoisotopic (exact) mass is 438 g/mol. The minimum atomic E-state index is -0.833. The standard InChI is InChI=1S/C7H14O.C4H8O2.C4H8O.C3H6O.C2H4O2.C2H6O/c1-5(2)7(8)6(3)4;1-3(2)4(5)6;1-4(2)3-5;1-3(2)4;1-2(3)4;1-2-3/h5-6H,1-4H3;3H,1-2H3,(H,5,6);3-4H,1-2H3;1-2H3;1H3,(H,3,4);3H,2H2,1H3. The average Bonchev–Trinajstić information content (AvgIpc) is 2.54. The number of aliphatic carboxylic acids is 2. The summed E-state index contributed by atoms with van der Waals surface area (Å²) in [4.78, 5) is 48.5. The van der Waals surface area contributed by atoms with Gasteiger partial charge >= 0.3 is 5.97 Å². The lowest BCUT2D eigenvalue weighted by atomic mass is 9.99. The molecular formula is C22H46O8. The van der Waals surface area contributed by atoms with Crippen LogP contribution < -0.4 is 0 Å². The van der Waals surface area contributed by atoms with E-state index in [2.05, 4.69) is 0 Å². The zero-order valence-electron chi connectivity index (χ0n) is 21.0. The molecule has 30 heavy (non-hydrogen) atoms. The first kappa shape index (κ1) is 42.1. The molecular weight excluding hydrogens is 392 g/mol. The third-order valence-corrected chi connectivity index (χ3v) is 1.90. The van der Waals surface area contributed by atoms with Crippen LogP contribution in [0.4, 0.5) is 0 Å². The van der Waals surface area contributed by atoms with Gasteiger partial charge in [0.2, 0.25) is 0 Å².